The summed E-state index contributed by atoms with van der Waals surface area (Å²) in [5, 5.41) is 5.44. The maximum absolute atomic E-state index is 11.9. The highest BCUT2D eigenvalue weighted by atomic mass is 16.5. The van der Waals surface area contributed by atoms with Gasteiger partial charge in [0.1, 0.15) is 12.4 Å². The zero-order chi connectivity index (χ0) is 18.1. The lowest BCUT2D eigenvalue weighted by molar-refractivity contribution is 0.245. The lowest BCUT2D eigenvalue weighted by atomic mass is 10.3. The van der Waals surface area contributed by atoms with Crippen molar-refractivity contribution in [1.29, 1.82) is 0 Å². The number of anilines is 1. The molecule has 0 atom stereocenters. The van der Waals surface area contributed by atoms with E-state index in [1.165, 1.54) is 0 Å². The molecule has 0 aliphatic carbocycles. The quantitative estimate of drug-likeness (QED) is 0.719. The Kier molecular flexibility index (Phi) is 6.76. The van der Waals surface area contributed by atoms with Crippen molar-refractivity contribution in [2.45, 2.75) is 0 Å². The van der Waals surface area contributed by atoms with Crippen molar-refractivity contribution in [2.24, 2.45) is 0 Å². The van der Waals surface area contributed by atoms with E-state index in [0.29, 0.717) is 35.2 Å². The van der Waals surface area contributed by atoms with Gasteiger partial charge in [-0.25, -0.2) is 4.79 Å². The molecule has 2 amide bonds. The number of nitrogens with one attached hydrogen (secondary N) is 2. The Morgan fingerprint density at radius 2 is 1.56 bits per heavy atom. The molecule has 0 aliphatic heterocycles. The fourth-order valence-electron chi connectivity index (χ4n) is 2.21. The first-order valence-electron chi connectivity index (χ1n) is 7.71. The van der Waals surface area contributed by atoms with Gasteiger partial charge in [-0.3, -0.25) is 0 Å². The molecule has 0 saturated carbocycles. The van der Waals surface area contributed by atoms with Crippen LogP contribution >= 0.6 is 0 Å². The number of rotatable bonds is 8. The highest BCUT2D eigenvalue weighted by Gasteiger charge is 2.11. The van der Waals surface area contributed by atoms with E-state index in [1.807, 2.05) is 12.1 Å². The largest absolute Gasteiger partial charge is 0.495 e. The summed E-state index contributed by atoms with van der Waals surface area (Å²) in [7, 11) is 4.66. The van der Waals surface area contributed by atoms with Gasteiger partial charge in [0.15, 0.2) is 11.5 Å². The number of urea groups is 1. The maximum Gasteiger partial charge on any atom is 0.319 e. The smallest absolute Gasteiger partial charge is 0.319 e. The fourth-order valence-corrected chi connectivity index (χ4v) is 2.21. The normalized spacial score (nSPS) is 9.88. The van der Waals surface area contributed by atoms with E-state index in [0.717, 1.165) is 0 Å². The van der Waals surface area contributed by atoms with Crippen LogP contribution in [0.4, 0.5) is 10.5 Å². The third-order valence-electron chi connectivity index (χ3n) is 3.37. The molecule has 25 heavy (non-hydrogen) atoms. The summed E-state index contributed by atoms with van der Waals surface area (Å²) in [6.07, 6.45) is 0. The number of methoxy groups -OCH3 is 3. The van der Waals surface area contributed by atoms with Gasteiger partial charge in [-0.1, -0.05) is 18.2 Å². The number of ether oxygens (including phenoxy) is 4. The zero-order valence-corrected chi connectivity index (χ0v) is 14.5. The first kappa shape index (κ1) is 18.3. The van der Waals surface area contributed by atoms with Gasteiger partial charge in [-0.15, -0.1) is 0 Å². The lowest BCUT2D eigenvalue weighted by Gasteiger charge is -2.14. The molecule has 2 rings (SSSR count). The van der Waals surface area contributed by atoms with Crippen LogP contribution in [0.25, 0.3) is 0 Å². The van der Waals surface area contributed by atoms with Gasteiger partial charge in [0.25, 0.3) is 0 Å². The second kappa shape index (κ2) is 9.27. The molecule has 7 heteroatoms. The fraction of sp³-hybridized carbons (Fsp3) is 0.278. The van der Waals surface area contributed by atoms with Crippen molar-refractivity contribution in [3.05, 3.63) is 42.5 Å². The average Bonchev–Trinajstić information content (AvgIpc) is 2.65. The summed E-state index contributed by atoms with van der Waals surface area (Å²) < 4.78 is 21.3. The molecule has 0 aliphatic rings. The van der Waals surface area contributed by atoms with Crippen molar-refractivity contribution >= 4 is 11.7 Å². The Morgan fingerprint density at radius 3 is 2.28 bits per heavy atom. The van der Waals surface area contributed by atoms with E-state index in [-0.39, 0.29) is 12.6 Å². The summed E-state index contributed by atoms with van der Waals surface area (Å²) in [4.78, 5) is 11.9. The number of hydrogen-bond donors (Lipinski definition) is 2. The summed E-state index contributed by atoms with van der Waals surface area (Å²) in [5.74, 6) is 2.24. The average molecular weight is 346 g/mol. The van der Waals surface area contributed by atoms with Crippen LogP contribution in [0.1, 0.15) is 0 Å². The molecule has 0 spiro atoms. The third kappa shape index (κ3) is 4.94. The standard InChI is InChI=1S/C18H22N2O5/c1-22-14-8-5-4-7-13(14)20-18(21)19-11-12-25-16-10-6-9-15(23-2)17(16)24-3/h4-10H,11-12H2,1-3H3,(H2,19,20,21). The number of amides is 2. The van der Waals surface area contributed by atoms with Crippen LogP contribution < -0.4 is 29.6 Å². The van der Waals surface area contributed by atoms with Gasteiger partial charge in [-0.2, -0.15) is 0 Å². The van der Waals surface area contributed by atoms with Gasteiger partial charge >= 0.3 is 6.03 Å². The van der Waals surface area contributed by atoms with E-state index in [2.05, 4.69) is 10.6 Å². The Morgan fingerprint density at radius 1 is 0.880 bits per heavy atom. The van der Waals surface area contributed by atoms with Gasteiger partial charge in [0, 0.05) is 0 Å². The summed E-state index contributed by atoms with van der Waals surface area (Å²) in [6.45, 7) is 0.601. The van der Waals surface area contributed by atoms with Crippen molar-refractivity contribution in [3.63, 3.8) is 0 Å². The van der Waals surface area contributed by atoms with Crippen molar-refractivity contribution < 1.29 is 23.7 Å². The SMILES string of the molecule is COc1ccccc1NC(=O)NCCOc1cccc(OC)c1OC. The number of carbonyl (C=O) groups is 1. The van der Waals surface area contributed by atoms with Crippen molar-refractivity contribution in [3.8, 4) is 23.0 Å². The topological polar surface area (TPSA) is 78.1 Å². The molecule has 134 valence electrons. The summed E-state index contributed by atoms with van der Waals surface area (Å²) in [6, 6.07) is 12.2. The first-order chi connectivity index (χ1) is 12.2. The number of carbonyl (C=O) groups excluding carboxylic acids is 1. The van der Waals surface area contributed by atoms with E-state index in [1.54, 1.807) is 51.7 Å². The molecule has 0 unspecified atom stereocenters. The lowest BCUT2D eigenvalue weighted by Crippen LogP contribution is -2.32. The molecule has 0 aromatic heterocycles. The summed E-state index contributed by atoms with van der Waals surface area (Å²) in [5.41, 5.74) is 0.595. The van der Waals surface area contributed by atoms with E-state index in [4.69, 9.17) is 18.9 Å². The van der Waals surface area contributed by atoms with Crippen molar-refractivity contribution in [1.82, 2.24) is 5.32 Å². The number of benzene rings is 2. The van der Waals surface area contributed by atoms with Crippen LogP contribution in [-0.4, -0.2) is 40.5 Å². The summed E-state index contributed by atoms with van der Waals surface area (Å²) >= 11 is 0. The molecule has 0 saturated heterocycles. The monoisotopic (exact) mass is 346 g/mol. The molecule has 2 N–H and O–H groups in total. The van der Waals surface area contributed by atoms with Crippen LogP contribution in [0.3, 0.4) is 0 Å². The minimum Gasteiger partial charge on any atom is -0.495 e. The molecule has 7 nitrogen and oxygen atoms in total. The van der Waals surface area contributed by atoms with E-state index >= 15 is 0 Å². The van der Waals surface area contributed by atoms with Crippen LogP contribution in [0.15, 0.2) is 42.5 Å². The molecular weight excluding hydrogens is 324 g/mol. The Labute approximate surface area is 146 Å². The van der Waals surface area contributed by atoms with Crippen LogP contribution in [0, 0.1) is 0 Å². The Balaban J connectivity index is 1.82. The predicted molar refractivity (Wildman–Crippen MR) is 95.1 cm³/mol. The minimum absolute atomic E-state index is 0.281. The predicted octanol–water partition coefficient (Wildman–Crippen LogP) is 2.91. The molecule has 2 aromatic carbocycles. The molecule has 0 radical (unpaired) electrons. The second-order valence-electron chi connectivity index (χ2n) is 4.92. The molecule has 2 aromatic rings. The third-order valence-corrected chi connectivity index (χ3v) is 3.37. The second-order valence-corrected chi connectivity index (χ2v) is 4.92. The minimum atomic E-state index is -0.342. The zero-order valence-electron chi connectivity index (χ0n) is 14.5. The number of hydrogen-bond acceptors (Lipinski definition) is 5. The van der Waals surface area contributed by atoms with Gasteiger partial charge in [-0.05, 0) is 24.3 Å². The van der Waals surface area contributed by atoms with E-state index in [9.17, 15) is 4.79 Å². The van der Waals surface area contributed by atoms with Gasteiger partial charge in [0.2, 0.25) is 5.75 Å². The Hall–Kier alpha value is -3.09. The highest BCUT2D eigenvalue weighted by molar-refractivity contribution is 5.90. The van der Waals surface area contributed by atoms with Crippen LogP contribution in [0.5, 0.6) is 23.0 Å². The molecule has 0 heterocycles. The molecular formula is C18H22N2O5. The molecule has 0 bridgehead atoms. The van der Waals surface area contributed by atoms with Crippen LogP contribution in [0.2, 0.25) is 0 Å². The highest BCUT2D eigenvalue weighted by Crippen LogP contribution is 2.36. The van der Waals surface area contributed by atoms with Gasteiger partial charge in [0.05, 0.1) is 33.6 Å². The van der Waals surface area contributed by atoms with Gasteiger partial charge < -0.3 is 29.6 Å². The number of para-hydroxylation sites is 3. The van der Waals surface area contributed by atoms with E-state index < -0.39 is 0 Å². The maximum atomic E-state index is 11.9. The van der Waals surface area contributed by atoms with Crippen molar-refractivity contribution in [2.75, 3.05) is 39.8 Å². The van der Waals surface area contributed by atoms with Crippen LogP contribution in [-0.2, 0) is 0 Å². The first-order valence-corrected chi connectivity index (χ1v) is 7.71. The Bertz CT molecular complexity index is 706. The molecule has 0 fully saturated rings.